The number of hydrogen-bond acceptors (Lipinski definition) is 4. The van der Waals surface area contributed by atoms with E-state index in [1.807, 2.05) is 36.4 Å². The Balaban J connectivity index is 2.06. The maximum Gasteiger partial charge on any atom is 0.416 e. The summed E-state index contributed by atoms with van der Waals surface area (Å²) in [6.45, 7) is 0. The lowest BCUT2D eigenvalue weighted by Crippen LogP contribution is -2.07. The molecule has 0 atom stereocenters. The van der Waals surface area contributed by atoms with Crippen molar-refractivity contribution in [1.82, 2.24) is 9.78 Å². The zero-order valence-corrected chi connectivity index (χ0v) is 14.5. The van der Waals surface area contributed by atoms with Crippen LogP contribution < -0.4 is 5.73 Å². The summed E-state index contributed by atoms with van der Waals surface area (Å²) in [4.78, 5) is 1.25. The Bertz CT molecular complexity index is 994. The molecule has 1 heterocycles. The Morgan fingerprint density at radius 2 is 1.85 bits per heavy atom. The first-order valence-corrected chi connectivity index (χ1v) is 8.39. The molecule has 0 unspecified atom stereocenters. The molecule has 0 aliphatic carbocycles. The number of nitrogens with two attached hydrogens (primary N) is 1. The molecule has 0 spiro atoms. The quantitative estimate of drug-likeness (QED) is 0.667. The fraction of sp³-hybridized carbons (Fsp3) is 0.0588. The van der Waals surface area contributed by atoms with Gasteiger partial charge < -0.3 is 5.73 Å². The second-order valence-corrected chi connectivity index (χ2v) is 6.66. The monoisotopic (exact) mass is 394 g/mol. The predicted molar refractivity (Wildman–Crippen MR) is 93.3 cm³/mol. The number of nitriles is 1. The molecule has 3 aromatic rings. The number of nitrogen functional groups attached to an aromatic ring is 1. The smallest absolute Gasteiger partial charge is 0.383 e. The molecule has 0 saturated carbocycles. The van der Waals surface area contributed by atoms with E-state index in [-0.39, 0.29) is 22.2 Å². The summed E-state index contributed by atoms with van der Waals surface area (Å²) < 4.78 is 39.6. The van der Waals surface area contributed by atoms with E-state index in [4.69, 9.17) is 17.3 Å². The second-order valence-electron chi connectivity index (χ2n) is 5.17. The Kier molecular flexibility index (Phi) is 4.85. The van der Waals surface area contributed by atoms with Crippen molar-refractivity contribution in [1.29, 1.82) is 5.26 Å². The summed E-state index contributed by atoms with van der Waals surface area (Å²) in [5, 5.41) is 13.2. The highest BCUT2D eigenvalue weighted by Crippen LogP contribution is 2.38. The van der Waals surface area contributed by atoms with Gasteiger partial charge in [-0.15, -0.1) is 0 Å². The first kappa shape index (κ1) is 18.2. The summed E-state index contributed by atoms with van der Waals surface area (Å²) in [5.41, 5.74) is 5.44. The van der Waals surface area contributed by atoms with E-state index in [2.05, 4.69) is 5.10 Å². The topological polar surface area (TPSA) is 67.6 Å². The van der Waals surface area contributed by atoms with Crippen LogP contribution >= 0.6 is 23.4 Å². The van der Waals surface area contributed by atoms with Crippen molar-refractivity contribution in [2.45, 2.75) is 16.0 Å². The standard InChI is InChI=1S/C17H10ClF3N4S/c18-12-8-10(17(19,20)21)6-7-14(12)25-16(23)15(13(9-22)24-25)26-11-4-2-1-3-5-11/h1-8H,23H2. The minimum Gasteiger partial charge on any atom is -0.383 e. The number of aromatic nitrogens is 2. The molecule has 0 saturated heterocycles. The number of halogens is 4. The van der Waals surface area contributed by atoms with Gasteiger partial charge in [-0.3, -0.25) is 0 Å². The van der Waals surface area contributed by atoms with E-state index < -0.39 is 11.7 Å². The molecule has 0 radical (unpaired) electrons. The molecule has 9 heteroatoms. The molecular formula is C17H10ClF3N4S. The van der Waals surface area contributed by atoms with Crippen molar-refractivity contribution in [3.63, 3.8) is 0 Å². The van der Waals surface area contributed by atoms with E-state index >= 15 is 0 Å². The van der Waals surface area contributed by atoms with E-state index in [9.17, 15) is 18.4 Å². The molecule has 1 aromatic heterocycles. The lowest BCUT2D eigenvalue weighted by Gasteiger charge is -2.11. The van der Waals surface area contributed by atoms with Gasteiger partial charge in [-0.25, -0.2) is 4.68 Å². The third-order valence-electron chi connectivity index (χ3n) is 3.45. The molecule has 26 heavy (non-hydrogen) atoms. The number of benzene rings is 2. The molecule has 2 N–H and O–H groups in total. The van der Waals surface area contributed by atoms with Crippen molar-refractivity contribution in [2.75, 3.05) is 5.73 Å². The highest BCUT2D eigenvalue weighted by Gasteiger charge is 2.31. The Morgan fingerprint density at radius 3 is 2.42 bits per heavy atom. The second kappa shape index (κ2) is 6.94. The summed E-state index contributed by atoms with van der Waals surface area (Å²) in [5.74, 6) is 0.122. The number of hydrogen-bond donors (Lipinski definition) is 1. The predicted octanol–water partition coefficient (Wildman–Crippen LogP) is 5.15. The Morgan fingerprint density at radius 1 is 1.15 bits per heavy atom. The number of alkyl halides is 3. The van der Waals surface area contributed by atoms with Crippen LogP contribution in [-0.4, -0.2) is 9.78 Å². The highest BCUT2D eigenvalue weighted by atomic mass is 35.5. The third-order valence-corrected chi connectivity index (χ3v) is 4.87. The van der Waals surface area contributed by atoms with Gasteiger partial charge in [0.25, 0.3) is 0 Å². The van der Waals surface area contributed by atoms with Gasteiger partial charge in [0, 0.05) is 4.90 Å². The van der Waals surface area contributed by atoms with Crippen LogP contribution in [0.1, 0.15) is 11.3 Å². The summed E-state index contributed by atoms with van der Waals surface area (Å²) >= 11 is 7.24. The third kappa shape index (κ3) is 3.49. The lowest BCUT2D eigenvalue weighted by molar-refractivity contribution is -0.137. The highest BCUT2D eigenvalue weighted by molar-refractivity contribution is 7.99. The summed E-state index contributed by atoms with van der Waals surface area (Å²) in [6, 6.07) is 14.0. The number of rotatable bonds is 3. The van der Waals surface area contributed by atoms with Gasteiger partial charge in [0.2, 0.25) is 0 Å². The first-order chi connectivity index (χ1) is 12.3. The van der Waals surface area contributed by atoms with Crippen molar-refractivity contribution in [3.05, 3.63) is 64.8 Å². The molecule has 4 nitrogen and oxygen atoms in total. The summed E-state index contributed by atoms with van der Waals surface area (Å²) in [6.07, 6.45) is -4.51. The minimum atomic E-state index is -4.51. The van der Waals surface area contributed by atoms with Crippen LogP contribution in [0, 0.1) is 11.3 Å². The average Bonchev–Trinajstić information content (AvgIpc) is 2.91. The van der Waals surface area contributed by atoms with E-state index in [1.165, 1.54) is 22.5 Å². The number of nitrogens with zero attached hydrogens (tertiary/aromatic N) is 3. The maximum absolute atomic E-state index is 12.8. The van der Waals surface area contributed by atoms with Crippen molar-refractivity contribution < 1.29 is 13.2 Å². The Hall–Kier alpha value is -2.63. The van der Waals surface area contributed by atoms with Gasteiger partial charge >= 0.3 is 6.18 Å². The van der Waals surface area contributed by atoms with Crippen LogP contribution in [0.25, 0.3) is 5.69 Å². The maximum atomic E-state index is 12.8. The van der Waals surface area contributed by atoms with Crippen molar-refractivity contribution in [2.24, 2.45) is 0 Å². The van der Waals surface area contributed by atoms with Crippen LogP contribution in [0.3, 0.4) is 0 Å². The molecule has 0 aliphatic heterocycles. The van der Waals surface area contributed by atoms with Crippen LogP contribution in [0.5, 0.6) is 0 Å². The van der Waals surface area contributed by atoms with Crippen LogP contribution in [0.15, 0.2) is 58.3 Å². The molecule has 0 amide bonds. The molecule has 2 aromatic carbocycles. The van der Waals surface area contributed by atoms with Crippen LogP contribution in [0.4, 0.5) is 19.0 Å². The van der Waals surface area contributed by atoms with Crippen LogP contribution in [-0.2, 0) is 6.18 Å². The molecule has 132 valence electrons. The average molecular weight is 395 g/mol. The van der Waals surface area contributed by atoms with Gasteiger partial charge in [-0.1, -0.05) is 41.6 Å². The van der Waals surface area contributed by atoms with E-state index in [0.717, 1.165) is 17.0 Å². The van der Waals surface area contributed by atoms with Crippen LogP contribution in [0.2, 0.25) is 5.02 Å². The molecule has 0 bridgehead atoms. The van der Waals surface area contributed by atoms with Gasteiger partial charge in [0.1, 0.15) is 11.9 Å². The van der Waals surface area contributed by atoms with Gasteiger partial charge in [0.05, 0.1) is 21.2 Å². The molecule has 0 aliphatic rings. The number of anilines is 1. The van der Waals surface area contributed by atoms with E-state index in [0.29, 0.717) is 4.90 Å². The zero-order valence-electron chi connectivity index (χ0n) is 13.0. The zero-order chi connectivity index (χ0) is 18.9. The molecule has 3 rings (SSSR count). The van der Waals surface area contributed by atoms with Gasteiger partial charge in [-0.05, 0) is 30.3 Å². The molecule has 0 fully saturated rings. The summed E-state index contributed by atoms with van der Waals surface area (Å²) in [7, 11) is 0. The van der Waals surface area contributed by atoms with Gasteiger partial charge in [-0.2, -0.15) is 23.5 Å². The molecular weight excluding hydrogens is 385 g/mol. The van der Waals surface area contributed by atoms with Crippen molar-refractivity contribution >= 4 is 29.2 Å². The normalized spacial score (nSPS) is 11.3. The first-order valence-electron chi connectivity index (χ1n) is 7.20. The largest absolute Gasteiger partial charge is 0.416 e. The lowest BCUT2D eigenvalue weighted by atomic mass is 10.2. The SMILES string of the molecule is N#Cc1nn(-c2ccc(C(F)(F)F)cc2Cl)c(N)c1Sc1ccccc1. The minimum absolute atomic E-state index is 0.0623. The van der Waals surface area contributed by atoms with Crippen molar-refractivity contribution in [3.8, 4) is 11.8 Å². The van der Waals surface area contributed by atoms with E-state index in [1.54, 1.807) is 0 Å². The van der Waals surface area contributed by atoms with Gasteiger partial charge in [0.15, 0.2) is 5.69 Å². The Labute approximate surface area is 156 Å². The fourth-order valence-corrected chi connectivity index (χ4v) is 3.40. The fourth-order valence-electron chi connectivity index (χ4n) is 2.24.